The van der Waals surface area contributed by atoms with Gasteiger partial charge in [-0.3, -0.25) is 0 Å². The zero-order valence-corrected chi connectivity index (χ0v) is 9.68. The third-order valence-electron chi connectivity index (χ3n) is 2.04. The van der Waals surface area contributed by atoms with Crippen LogP contribution < -0.4 is 5.32 Å². The maximum Gasteiger partial charge on any atom is 0.147 e. The molecule has 0 saturated heterocycles. The van der Waals surface area contributed by atoms with Crippen LogP contribution in [0.25, 0.3) is 0 Å². The topological polar surface area (TPSA) is 32.3 Å². The lowest BCUT2D eigenvalue weighted by Crippen LogP contribution is -2.28. The minimum absolute atomic E-state index is 0.175. The molecule has 4 heteroatoms. The summed E-state index contributed by atoms with van der Waals surface area (Å²) in [4.78, 5) is 0. The van der Waals surface area contributed by atoms with E-state index in [2.05, 4.69) is 21.2 Å². The zero-order chi connectivity index (χ0) is 10.7. The van der Waals surface area contributed by atoms with Gasteiger partial charge >= 0.3 is 0 Å². The molecule has 2 unspecified atom stereocenters. The molecule has 2 atom stereocenters. The summed E-state index contributed by atoms with van der Waals surface area (Å²) in [7, 11) is 0. The van der Waals surface area contributed by atoms with Gasteiger partial charge in [0.25, 0.3) is 0 Å². The highest BCUT2D eigenvalue weighted by Gasteiger charge is 2.10. The van der Waals surface area contributed by atoms with Crippen LogP contribution in [-0.4, -0.2) is 17.3 Å². The van der Waals surface area contributed by atoms with Crippen molar-refractivity contribution in [3.63, 3.8) is 0 Å². The second-order valence-electron chi connectivity index (χ2n) is 3.30. The summed E-state index contributed by atoms with van der Waals surface area (Å²) in [6.07, 6.45) is -0.516. The van der Waals surface area contributed by atoms with Crippen molar-refractivity contribution in [1.82, 2.24) is 0 Å². The predicted octanol–water partition coefficient (Wildman–Crippen LogP) is 2.77. The van der Waals surface area contributed by atoms with E-state index in [9.17, 15) is 9.50 Å². The van der Waals surface area contributed by atoms with E-state index in [-0.39, 0.29) is 11.9 Å². The number of aliphatic hydroxyl groups excluding tert-OH is 1. The van der Waals surface area contributed by atoms with Crippen molar-refractivity contribution in [3.8, 4) is 0 Å². The molecular formula is C10H13BrFNO. The van der Waals surface area contributed by atoms with Gasteiger partial charge in [0, 0.05) is 10.5 Å². The average molecular weight is 262 g/mol. The number of hydrogen-bond donors (Lipinski definition) is 2. The number of anilines is 1. The van der Waals surface area contributed by atoms with Crippen molar-refractivity contribution in [2.75, 3.05) is 5.32 Å². The third-order valence-corrected chi connectivity index (χ3v) is 2.53. The highest BCUT2D eigenvalue weighted by Crippen LogP contribution is 2.20. The van der Waals surface area contributed by atoms with Crippen LogP contribution in [0.15, 0.2) is 22.7 Å². The highest BCUT2D eigenvalue weighted by molar-refractivity contribution is 9.10. The number of rotatable bonds is 3. The first-order valence-corrected chi connectivity index (χ1v) is 5.19. The lowest BCUT2D eigenvalue weighted by molar-refractivity contribution is 0.177. The van der Waals surface area contributed by atoms with Crippen molar-refractivity contribution in [2.24, 2.45) is 0 Å². The molecule has 0 aliphatic carbocycles. The van der Waals surface area contributed by atoms with Gasteiger partial charge in [0.05, 0.1) is 11.8 Å². The first-order chi connectivity index (χ1) is 6.50. The van der Waals surface area contributed by atoms with Crippen molar-refractivity contribution in [1.29, 1.82) is 0 Å². The largest absolute Gasteiger partial charge is 0.391 e. The van der Waals surface area contributed by atoms with Gasteiger partial charge in [0.1, 0.15) is 5.82 Å². The number of halogens is 2. The van der Waals surface area contributed by atoms with Crippen LogP contribution in [0.3, 0.4) is 0 Å². The Morgan fingerprint density at radius 2 is 2.07 bits per heavy atom. The predicted molar refractivity (Wildman–Crippen MR) is 58.9 cm³/mol. The summed E-state index contributed by atoms with van der Waals surface area (Å²) < 4.78 is 14.0. The molecule has 1 rings (SSSR count). The molecule has 1 aromatic carbocycles. The average Bonchev–Trinajstić information content (AvgIpc) is 2.09. The number of aliphatic hydroxyl groups is 1. The first kappa shape index (κ1) is 11.5. The van der Waals surface area contributed by atoms with E-state index < -0.39 is 6.10 Å². The van der Waals surface area contributed by atoms with Gasteiger partial charge in [-0.15, -0.1) is 0 Å². The summed E-state index contributed by atoms with van der Waals surface area (Å²) in [5.74, 6) is -0.327. The third kappa shape index (κ3) is 2.96. The van der Waals surface area contributed by atoms with E-state index >= 15 is 0 Å². The number of hydrogen-bond acceptors (Lipinski definition) is 2. The summed E-state index contributed by atoms with van der Waals surface area (Å²) in [6, 6.07) is 4.60. The fraction of sp³-hybridized carbons (Fsp3) is 0.400. The molecule has 0 aliphatic heterocycles. The van der Waals surface area contributed by atoms with E-state index in [0.717, 1.165) is 0 Å². The molecule has 0 heterocycles. The summed E-state index contributed by atoms with van der Waals surface area (Å²) in [6.45, 7) is 3.46. The van der Waals surface area contributed by atoms with Gasteiger partial charge in [0.2, 0.25) is 0 Å². The SMILES string of the molecule is CC(O)C(C)Nc1ccc(Br)cc1F. The molecule has 0 amide bonds. The Hall–Kier alpha value is -0.610. The Labute approximate surface area is 91.3 Å². The lowest BCUT2D eigenvalue weighted by Gasteiger charge is -2.18. The standard InChI is InChI=1S/C10H13BrFNO/c1-6(7(2)14)13-10-4-3-8(11)5-9(10)12/h3-7,13-14H,1-2H3. The molecule has 78 valence electrons. The maximum absolute atomic E-state index is 13.3. The normalized spacial score (nSPS) is 14.9. The number of benzene rings is 1. The second-order valence-corrected chi connectivity index (χ2v) is 4.21. The van der Waals surface area contributed by atoms with E-state index in [1.54, 1.807) is 26.0 Å². The summed E-state index contributed by atoms with van der Waals surface area (Å²) in [5, 5.41) is 12.1. The van der Waals surface area contributed by atoms with Gasteiger partial charge in [-0.1, -0.05) is 15.9 Å². The van der Waals surface area contributed by atoms with Gasteiger partial charge in [-0.25, -0.2) is 4.39 Å². The van der Waals surface area contributed by atoms with Crippen LogP contribution in [0.2, 0.25) is 0 Å². The first-order valence-electron chi connectivity index (χ1n) is 4.40. The molecule has 0 radical (unpaired) electrons. The minimum atomic E-state index is -0.516. The fourth-order valence-corrected chi connectivity index (χ4v) is 1.31. The van der Waals surface area contributed by atoms with Crippen molar-refractivity contribution >= 4 is 21.6 Å². The molecule has 0 bridgehead atoms. The smallest absolute Gasteiger partial charge is 0.147 e. The second kappa shape index (κ2) is 4.75. The Bertz CT molecular complexity index is 317. The Morgan fingerprint density at radius 3 is 2.57 bits per heavy atom. The van der Waals surface area contributed by atoms with Crippen molar-refractivity contribution < 1.29 is 9.50 Å². The number of nitrogens with one attached hydrogen (secondary N) is 1. The summed E-state index contributed by atoms with van der Waals surface area (Å²) in [5.41, 5.74) is 0.404. The van der Waals surface area contributed by atoms with Crippen LogP contribution in [0.5, 0.6) is 0 Å². The summed E-state index contributed by atoms with van der Waals surface area (Å²) >= 11 is 3.17. The van der Waals surface area contributed by atoms with Crippen LogP contribution in [-0.2, 0) is 0 Å². The van der Waals surface area contributed by atoms with Gasteiger partial charge in [-0.05, 0) is 32.0 Å². The van der Waals surface area contributed by atoms with E-state index in [1.165, 1.54) is 6.07 Å². The molecule has 2 N–H and O–H groups in total. The monoisotopic (exact) mass is 261 g/mol. The Kier molecular flexibility index (Phi) is 3.89. The molecule has 1 aromatic rings. The molecular weight excluding hydrogens is 249 g/mol. The van der Waals surface area contributed by atoms with E-state index in [4.69, 9.17) is 0 Å². The van der Waals surface area contributed by atoms with Crippen LogP contribution in [0, 0.1) is 5.82 Å². The van der Waals surface area contributed by atoms with E-state index in [0.29, 0.717) is 10.2 Å². The molecule has 0 saturated carbocycles. The maximum atomic E-state index is 13.3. The van der Waals surface area contributed by atoms with Crippen LogP contribution >= 0.6 is 15.9 Å². The molecule has 0 aromatic heterocycles. The van der Waals surface area contributed by atoms with Crippen LogP contribution in [0.4, 0.5) is 10.1 Å². The highest BCUT2D eigenvalue weighted by atomic mass is 79.9. The van der Waals surface area contributed by atoms with Crippen molar-refractivity contribution in [2.45, 2.75) is 26.0 Å². The lowest BCUT2D eigenvalue weighted by atomic mass is 10.2. The van der Waals surface area contributed by atoms with E-state index in [1.807, 2.05) is 0 Å². The molecule has 14 heavy (non-hydrogen) atoms. The fourth-order valence-electron chi connectivity index (χ4n) is 0.972. The Morgan fingerprint density at radius 1 is 1.43 bits per heavy atom. The molecule has 0 fully saturated rings. The van der Waals surface area contributed by atoms with Gasteiger partial charge in [-0.2, -0.15) is 0 Å². The van der Waals surface area contributed by atoms with Gasteiger partial charge in [0.15, 0.2) is 0 Å². The van der Waals surface area contributed by atoms with Crippen LogP contribution in [0.1, 0.15) is 13.8 Å². The Balaban J connectivity index is 2.77. The van der Waals surface area contributed by atoms with Gasteiger partial charge < -0.3 is 10.4 Å². The minimum Gasteiger partial charge on any atom is -0.391 e. The zero-order valence-electron chi connectivity index (χ0n) is 8.09. The molecule has 0 aliphatic rings. The quantitative estimate of drug-likeness (QED) is 0.877. The van der Waals surface area contributed by atoms with Crippen molar-refractivity contribution in [3.05, 3.63) is 28.5 Å². The molecule has 0 spiro atoms. The molecule has 2 nitrogen and oxygen atoms in total.